The molecular formula is C31H48O5SSi2. The third kappa shape index (κ3) is 6.59. The molecule has 0 unspecified atom stereocenters. The minimum atomic E-state index is -2.78. The van der Waals surface area contributed by atoms with Crippen LogP contribution in [0.2, 0.25) is 22.2 Å². The molecule has 2 aromatic carbocycles. The van der Waals surface area contributed by atoms with Crippen LogP contribution >= 0.6 is 11.8 Å². The summed E-state index contributed by atoms with van der Waals surface area (Å²) in [5.41, 5.74) is 3.27. The van der Waals surface area contributed by atoms with Crippen LogP contribution in [0.1, 0.15) is 66.5 Å². The molecule has 2 aromatic rings. The molecule has 216 valence electrons. The summed E-state index contributed by atoms with van der Waals surface area (Å²) in [5.74, 6) is 0. The van der Waals surface area contributed by atoms with Crippen LogP contribution in [0.5, 0.6) is 0 Å². The normalized spacial score (nSPS) is 26.7. The second-order valence-corrected chi connectivity index (χ2v) is 22.3. The maximum absolute atomic E-state index is 7.41. The molecule has 2 aliphatic heterocycles. The maximum Gasteiger partial charge on any atom is 0.335 e. The number of rotatable bonds is 9. The smallest absolute Gasteiger partial charge is 0.335 e. The van der Waals surface area contributed by atoms with Gasteiger partial charge < -0.3 is 22.4 Å². The molecule has 2 heterocycles. The predicted molar refractivity (Wildman–Crippen MR) is 165 cm³/mol. The maximum atomic E-state index is 7.41. The Balaban J connectivity index is 1.72. The molecule has 2 aliphatic rings. The highest BCUT2D eigenvalue weighted by Gasteiger charge is 2.62. The molecule has 5 nitrogen and oxygen atoms in total. The van der Waals surface area contributed by atoms with E-state index in [2.05, 4.69) is 111 Å². The Morgan fingerprint density at radius 2 is 1.41 bits per heavy atom. The molecule has 2 fully saturated rings. The molecule has 0 N–H and O–H groups in total. The van der Waals surface area contributed by atoms with Crippen molar-refractivity contribution in [3.63, 3.8) is 0 Å². The van der Waals surface area contributed by atoms with E-state index in [1.54, 1.807) is 11.8 Å². The van der Waals surface area contributed by atoms with Gasteiger partial charge in [0.1, 0.15) is 23.7 Å². The molecule has 4 atom stereocenters. The first-order valence-corrected chi connectivity index (χ1v) is 19.4. The average Bonchev–Trinajstić information content (AvgIpc) is 3.19. The van der Waals surface area contributed by atoms with E-state index < -0.39 is 17.1 Å². The van der Waals surface area contributed by atoms with E-state index in [1.807, 2.05) is 6.07 Å². The van der Waals surface area contributed by atoms with Crippen LogP contribution in [-0.4, -0.2) is 47.5 Å². The lowest BCUT2D eigenvalue weighted by Crippen LogP contribution is -2.66. The quantitative estimate of drug-likeness (QED) is 0.274. The third-order valence-corrected chi connectivity index (χ3v) is 19.6. The summed E-state index contributed by atoms with van der Waals surface area (Å²) in [6.07, 6.45) is -0.740. The van der Waals surface area contributed by atoms with Crippen molar-refractivity contribution in [3.05, 3.63) is 65.7 Å². The summed E-state index contributed by atoms with van der Waals surface area (Å²) in [6.45, 7) is 21.1. The van der Waals surface area contributed by atoms with Gasteiger partial charge in [-0.25, -0.2) is 0 Å². The van der Waals surface area contributed by atoms with E-state index in [1.165, 1.54) is 5.56 Å². The van der Waals surface area contributed by atoms with E-state index in [4.69, 9.17) is 22.4 Å². The van der Waals surface area contributed by atoms with Crippen molar-refractivity contribution in [1.29, 1.82) is 0 Å². The van der Waals surface area contributed by atoms with Crippen LogP contribution in [0, 0.1) is 6.92 Å². The summed E-state index contributed by atoms with van der Waals surface area (Å²) < 4.78 is 35.3. The molecule has 0 saturated carbocycles. The van der Waals surface area contributed by atoms with Crippen molar-refractivity contribution in [1.82, 2.24) is 0 Å². The Labute approximate surface area is 242 Å². The number of hydrogen-bond donors (Lipinski definition) is 0. The van der Waals surface area contributed by atoms with Crippen molar-refractivity contribution < 1.29 is 22.4 Å². The van der Waals surface area contributed by atoms with Crippen LogP contribution in [0.25, 0.3) is 0 Å². The molecule has 2 saturated heterocycles. The van der Waals surface area contributed by atoms with Gasteiger partial charge in [0, 0.05) is 4.90 Å². The van der Waals surface area contributed by atoms with Gasteiger partial charge in [-0.1, -0.05) is 115 Å². The van der Waals surface area contributed by atoms with Gasteiger partial charge >= 0.3 is 17.1 Å². The molecule has 0 aliphatic carbocycles. The highest BCUT2D eigenvalue weighted by molar-refractivity contribution is 7.99. The number of thioether (sulfide) groups is 1. The van der Waals surface area contributed by atoms with Gasteiger partial charge in [0.2, 0.25) is 0 Å². The van der Waals surface area contributed by atoms with Gasteiger partial charge in [0.15, 0.2) is 0 Å². The van der Waals surface area contributed by atoms with E-state index in [9.17, 15) is 0 Å². The Bertz CT molecular complexity index is 1030. The Hall–Kier alpha value is -0.976. The van der Waals surface area contributed by atoms with Crippen LogP contribution in [0.4, 0.5) is 0 Å². The van der Waals surface area contributed by atoms with Crippen LogP contribution < -0.4 is 0 Å². The van der Waals surface area contributed by atoms with Crippen LogP contribution in [-0.2, 0) is 29.0 Å². The Kier molecular flexibility index (Phi) is 10.2. The van der Waals surface area contributed by atoms with Gasteiger partial charge in [-0.15, -0.1) is 0 Å². The molecule has 0 radical (unpaired) electrons. The minimum absolute atomic E-state index is 0.215. The molecule has 39 heavy (non-hydrogen) atoms. The zero-order chi connectivity index (χ0) is 28.4. The monoisotopic (exact) mass is 588 g/mol. The van der Waals surface area contributed by atoms with Crippen LogP contribution in [0.3, 0.4) is 0 Å². The highest BCUT2D eigenvalue weighted by Crippen LogP contribution is 2.49. The number of fused-ring (bicyclic) bond motifs is 1. The lowest BCUT2D eigenvalue weighted by atomic mass is 10.1. The van der Waals surface area contributed by atoms with E-state index in [0.717, 1.165) is 10.5 Å². The van der Waals surface area contributed by atoms with Gasteiger partial charge in [0.25, 0.3) is 0 Å². The summed E-state index contributed by atoms with van der Waals surface area (Å²) in [5, 5.41) is 0. The summed E-state index contributed by atoms with van der Waals surface area (Å²) in [6, 6.07) is 19.0. The fraction of sp³-hybridized carbons (Fsp3) is 0.613. The summed E-state index contributed by atoms with van der Waals surface area (Å²) in [7, 11) is -5.41. The lowest BCUT2D eigenvalue weighted by molar-refractivity contribution is -0.0491. The lowest BCUT2D eigenvalue weighted by Gasteiger charge is -2.51. The predicted octanol–water partition coefficient (Wildman–Crippen LogP) is 8.35. The average molecular weight is 589 g/mol. The SMILES string of the molecule is Cc1ccc(S[C@H]2O[C@@H]3CO[Si](C(C)C)(C(C)C)O[Si](C(C)C)(C(C)C)O[C@H]3[C@@H]2OCc2ccccc2)cc1. The molecular weight excluding hydrogens is 541 g/mol. The third-order valence-electron chi connectivity index (χ3n) is 8.16. The standard InChI is InChI=1S/C31H48O5SSi2/c1-21(2)38(22(3)4)33-20-28-29(35-39(36-38,23(5)6)24(7)8)30(32-19-26-13-11-10-12-14-26)31(34-28)37-27-17-15-25(9)16-18-27/h10-18,21-24,28-31H,19-20H2,1-9H3/t28-,29-,30+,31-/m1/s1. The van der Waals surface area contributed by atoms with Gasteiger partial charge in [-0.3, -0.25) is 0 Å². The van der Waals surface area contributed by atoms with Crippen molar-refractivity contribution in [2.75, 3.05) is 6.61 Å². The molecule has 0 aromatic heterocycles. The van der Waals surface area contributed by atoms with E-state index in [0.29, 0.717) is 24.3 Å². The summed E-state index contributed by atoms with van der Waals surface area (Å²) in [4.78, 5) is 1.16. The van der Waals surface area contributed by atoms with Gasteiger partial charge in [-0.05, 0) is 46.8 Å². The molecule has 8 heteroatoms. The summed E-state index contributed by atoms with van der Waals surface area (Å²) >= 11 is 1.72. The van der Waals surface area contributed by atoms with Crippen LogP contribution in [0.15, 0.2) is 59.5 Å². The molecule has 0 amide bonds. The molecule has 4 rings (SSSR count). The molecule has 0 spiro atoms. The fourth-order valence-electron chi connectivity index (χ4n) is 5.89. The Morgan fingerprint density at radius 1 is 0.821 bits per heavy atom. The second-order valence-electron chi connectivity index (χ2n) is 12.3. The van der Waals surface area contributed by atoms with Crippen molar-refractivity contribution >= 4 is 28.9 Å². The minimum Gasteiger partial charge on any atom is -0.414 e. The first-order chi connectivity index (χ1) is 18.5. The van der Waals surface area contributed by atoms with Crippen molar-refractivity contribution in [3.8, 4) is 0 Å². The van der Waals surface area contributed by atoms with Crippen molar-refractivity contribution in [2.24, 2.45) is 0 Å². The topological polar surface area (TPSA) is 46.2 Å². The number of ether oxygens (including phenoxy) is 2. The van der Waals surface area contributed by atoms with Gasteiger partial charge in [-0.2, -0.15) is 0 Å². The first kappa shape index (κ1) is 31.0. The number of benzene rings is 2. The number of aryl methyl sites for hydroxylation is 1. The number of hydrogen-bond acceptors (Lipinski definition) is 6. The van der Waals surface area contributed by atoms with E-state index >= 15 is 0 Å². The fourth-order valence-corrected chi connectivity index (χ4v) is 18.2. The Morgan fingerprint density at radius 3 is 1.97 bits per heavy atom. The van der Waals surface area contributed by atoms with Gasteiger partial charge in [0.05, 0.1) is 13.2 Å². The molecule has 0 bridgehead atoms. The zero-order valence-electron chi connectivity index (χ0n) is 25.2. The van der Waals surface area contributed by atoms with E-state index in [-0.39, 0.29) is 34.8 Å². The highest BCUT2D eigenvalue weighted by atomic mass is 32.2. The largest absolute Gasteiger partial charge is 0.414 e. The van der Waals surface area contributed by atoms with Crippen molar-refractivity contribution in [2.45, 2.75) is 120 Å². The second kappa shape index (κ2) is 12.9. The zero-order valence-corrected chi connectivity index (χ0v) is 28.0. The first-order valence-electron chi connectivity index (χ1n) is 14.5.